The van der Waals surface area contributed by atoms with Gasteiger partial charge in [0, 0.05) is 18.3 Å². The SMILES string of the molecule is CN(Cc1ccc(Cl)s1)C(=O)CCO. The van der Waals surface area contributed by atoms with Crippen LogP contribution in [0.1, 0.15) is 11.3 Å². The number of halogens is 1. The third-order valence-corrected chi connectivity index (χ3v) is 2.99. The van der Waals surface area contributed by atoms with Gasteiger partial charge in [0.1, 0.15) is 0 Å². The quantitative estimate of drug-likeness (QED) is 0.861. The monoisotopic (exact) mass is 233 g/mol. The number of hydrogen-bond acceptors (Lipinski definition) is 3. The molecule has 78 valence electrons. The number of amides is 1. The third-order valence-electron chi connectivity index (χ3n) is 1.77. The highest BCUT2D eigenvalue weighted by atomic mass is 35.5. The molecule has 0 saturated carbocycles. The molecule has 0 aliphatic carbocycles. The zero-order valence-corrected chi connectivity index (χ0v) is 9.44. The van der Waals surface area contributed by atoms with Gasteiger partial charge in [-0.1, -0.05) is 11.6 Å². The Kier molecular flexibility index (Phi) is 4.38. The van der Waals surface area contributed by atoms with Crippen molar-refractivity contribution in [1.29, 1.82) is 0 Å². The van der Waals surface area contributed by atoms with Crippen LogP contribution in [0.2, 0.25) is 4.34 Å². The molecular formula is C9H12ClNO2S. The summed E-state index contributed by atoms with van der Waals surface area (Å²) in [6.07, 6.45) is 0.176. The zero-order chi connectivity index (χ0) is 10.6. The van der Waals surface area contributed by atoms with E-state index in [9.17, 15) is 4.79 Å². The van der Waals surface area contributed by atoms with Gasteiger partial charge < -0.3 is 10.0 Å². The molecule has 0 aromatic carbocycles. The molecule has 0 fully saturated rings. The van der Waals surface area contributed by atoms with Gasteiger partial charge in [0.25, 0.3) is 0 Å². The summed E-state index contributed by atoms with van der Waals surface area (Å²) in [4.78, 5) is 13.9. The largest absolute Gasteiger partial charge is 0.396 e. The van der Waals surface area contributed by atoms with Crippen LogP contribution < -0.4 is 0 Å². The molecule has 0 atom stereocenters. The van der Waals surface area contributed by atoms with Crippen LogP contribution in [-0.2, 0) is 11.3 Å². The van der Waals surface area contributed by atoms with Gasteiger partial charge in [0.05, 0.1) is 17.5 Å². The number of hydrogen-bond donors (Lipinski definition) is 1. The van der Waals surface area contributed by atoms with Crippen molar-refractivity contribution < 1.29 is 9.90 Å². The Balaban J connectivity index is 2.48. The minimum Gasteiger partial charge on any atom is -0.396 e. The maximum atomic E-state index is 11.3. The second kappa shape index (κ2) is 5.34. The van der Waals surface area contributed by atoms with E-state index in [0.29, 0.717) is 6.54 Å². The molecule has 1 aromatic heterocycles. The first-order chi connectivity index (χ1) is 6.63. The van der Waals surface area contributed by atoms with Crippen molar-refractivity contribution in [3.05, 3.63) is 21.3 Å². The highest BCUT2D eigenvalue weighted by Crippen LogP contribution is 2.22. The molecule has 14 heavy (non-hydrogen) atoms. The lowest BCUT2D eigenvalue weighted by atomic mass is 10.3. The van der Waals surface area contributed by atoms with Crippen LogP contribution in [0, 0.1) is 0 Å². The molecule has 1 rings (SSSR count). The lowest BCUT2D eigenvalue weighted by molar-refractivity contribution is -0.131. The first-order valence-electron chi connectivity index (χ1n) is 4.22. The molecule has 5 heteroatoms. The van der Waals surface area contributed by atoms with Gasteiger partial charge >= 0.3 is 0 Å². The molecule has 1 amide bonds. The van der Waals surface area contributed by atoms with Gasteiger partial charge in [-0.3, -0.25) is 4.79 Å². The average molecular weight is 234 g/mol. The number of carbonyl (C=O) groups is 1. The normalized spacial score (nSPS) is 10.2. The summed E-state index contributed by atoms with van der Waals surface area (Å²) < 4.78 is 0.725. The highest BCUT2D eigenvalue weighted by molar-refractivity contribution is 7.16. The van der Waals surface area contributed by atoms with E-state index < -0.39 is 0 Å². The Morgan fingerprint density at radius 1 is 1.64 bits per heavy atom. The van der Waals surface area contributed by atoms with Crippen LogP contribution in [-0.4, -0.2) is 29.6 Å². The molecule has 1 heterocycles. The first kappa shape index (κ1) is 11.5. The molecular weight excluding hydrogens is 222 g/mol. The number of aliphatic hydroxyl groups is 1. The van der Waals surface area contributed by atoms with Crippen LogP contribution in [0.3, 0.4) is 0 Å². The van der Waals surface area contributed by atoms with Crippen molar-refractivity contribution in [3.8, 4) is 0 Å². The molecule has 3 nitrogen and oxygen atoms in total. The smallest absolute Gasteiger partial charge is 0.224 e. The van der Waals surface area contributed by atoms with Gasteiger partial charge in [-0.05, 0) is 12.1 Å². The third kappa shape index (κ3) is 3.29. The zero-order valence-electron chi connectivity index (χ0n) is 7.86. The summed E-state index contributed by atoms with van der Waals surface area (Å²) >= 11 is 7.22. The van der Waals surface area contributed by atoms with Crippen molar-refractivity contribution in [3.63, 3.8) is 0 Å². The van der Waals surface area contributed by atoms with Crippen LogP contribution in [0.5, 0.6) is 0 Å². The van der Waals surface area contributed by atoms with E-state index in [2.05, 4.69) is 0 Å². The highest BCUT2D eigenvalue weighted by Gasteiger charge is 2.09. The Morgan fingerprint density at radius 3 is 2.86 bits per heavy atom. The maximum absolute atomic E-state index is 11.3. The van der Waals surface area contributed by atoms with Crippen molar-refractivity contribution >= 4 is 28.8 Å². The summed E-state index contributed by atoms with van der Waals surface area (Å²) in [5, 5.41) is 8.59. The standard InChI is InChI=1S/C9H12ClNO2S/c1-11(9(13)4-5-12)6-7-2-3-8(10)14-7/h2-3,12H,4-6H2,1H3. The van der Waals surface area contributed by atoms with Crippen molar-refractivity contribution in [2.45, 2.75) is 13.0 Å². The fourth-order valence-electron chi connectivity index (χ4n) is 1.05. The summed E-state index contributed by atoms with van der Waals surface area (Å²) in [6, 6.07) is 3.71. The van der Waals surface area contributed by atoms with Crippen LogP contribution in [0.15, 0.2) is 12.1 Å². The van der Waals surface area contributed by atoms with E-state index in [1.54, 1.807) is 11.9 Å². The molecule has 0 saturated heterocycles. The van der Waals surface area contributed by atoms with E-state index in [4.69, 9.17) is 16.7 Å². The van der Waals surface area contributed by atoms with Crippen molar-refractivity contribution in [2.24, 2.45) is 0 Å². The predicted molar refractivity (Wildman–Crippen MR) is 57.5 cm³/mol. The van der Waals surface area contributed by atoms with Crippen molar-refractivity contribution in [2.75, 3.05) is 13.7 Å². The van der Waals surface area contributed by atoms with E-state index in [1.165, 1.54) is 11.3 Å². The minimum absolute atomic E-state index is 0.0583. The number of carbonyl (C=O) groups excluding carboxylic acids is 1. The van der Waals surface area contributed by atoms with Crippen molar-refractivity contribution in [1.82, 2.24) is 4.90 Å². The molecule has 0 aliphatic heterocycles. The van der Waals surface area contributed by atoms with E-state index in [1.807, 2.05) is 12.1 Å². The number of nitrogens with zero attached hydrogens (tertiary/aromatic N) is 1. The summed E-state index contributed by atoms with van der Waals surface area (Å²) in [5.74, 6) is -0.0583. The molecule has 1 N–H and O–H groups in total. The summed E-state index contributed by atoms with van der Waals surface area (Å²) in [6.45, 7) is 0.449. The Morgan fingerprint density at radius 2 is 2.36 bits per heavy atom. The maximum Gasteiger partial charge on any atom is 0.224 e. The Labute approximate surface area is 91.9 Å². The predicted octanol–water partition coefficient (Wildman–Crippen LogP) is 1.74. The van der Waals surface area contributed by atoms with Gasteiger partial charge in [-0.15, -0.1) is 11.3 Å². The molecule has 0 spiro atoms. The number of thiophene rings is 1. The molecule has 0 aliphatic rings. The Bertz CT molecular complexity index is 314. The van der Waals surface area contributed by atoms with E-state index >= 15 is 0 Å². The lowest BCUT2D eigenvalue weighted by Gasteiger charge is -2.15. The minimum atomic E-state index is -0.103. The van der Waals surface area contributed by atoms with Crippen LogP contribution >= 0.6 is 22.9 Å². The summed E-state index contributed by atoms with van der Waals surface area (Å²) in [7, 11) is 1.71. The second-order valence-electron chi connectivity index (χ2n) is 2.93. The Hall–Kier alpha value is -0.580. The van der Waals surface area contributed by atoms with Gasteiger partial charge in [0.2, 0.25) is 5.91 Å². The molecule has 1 aromatic rings. The van der Waals surface area contributed by atoms with Crippen LogP contribution in [0.25, 0.3) is 0 Å². The molecule has 0 unspecified atom stereocenters. The molecule has 0 bridgehead atoms. The van der Waals surface area contributed by atoms with Gasteiger partial charge in [-0.25, -0.2) is 0 Å². The second-order valence-corrected chi connectivity index (χ2v) is 4.73. The van der Waals surface area contributed by atoms with Crippen LogP contribution in [0.4, 0.5) is 0 Å². The average Bonchev–Trinajstić information content (AvgIpc) is 2.51. The fourth-order valence-corrected chi connectivity index (χ4v) is 2.19. The summed E-state index contributed by atoms with van der Waals surface area (Å²) in [5.41, 5.74) is 0. The van der Waals surface area contributed by atoms with Gasteiger partial charge in [-0.2, -0.15) is 0 Å². The topological polar surface area (TPSA) is 40.5 Å². The fraction of sp³-hybridized carbons (Fsp3) is 0.444. The molecule has 0 radical (unpaired) electrons. The number of rotatable bonds is 4. The van der Waals surface area contributed by atoms with E-state index in [-0.39, 0.29) is 18.9 Å². The van der Waals surface area contributed by atoms with E-state index in [0.717, 1.165) is 9.21 Å². The van der Waals surface area contributed by atoms with Gasteiger partial charge in [0.15, 0.2) is 0 Å². The first-order valence-corrected chi connectivity index (χ1v) is 5.42. The lowest BCUT2D eigenvalue weighted by Crippen LogP contribution is -2.26. The number of aliphatic hydroxyl groups excluding tert-OH is 1.